The van der Waals surface area contributed by atoms with E-state index in [-0.39, 0.29) is 12.5 Å². The molecule has 0 heterocycles. The van der Waals surface area contributed by atoms with E-state index < -0.39 is 0 Å². The molecular weight excluding hydrogens is 226 g/mol. The summed E-state index contributed by atoms with van der Waals surface area (Å²) in [5.41, 5.74) is 2.96. The molecule has 1 rings (SSSR count). The number of carbonyl (C=O) groups is 1. The quantitative estimate of drug-likeness (QED) is 0.730. The molecule has 1 aromatic rings. The van der Waals surface area contributed by atoms with E-state index in [0.29, 0.717) is 6.54 Å². The zero-order chi connectivity index (χ0) is 13.4. The van der Waals surface area contributed by atoms with Crippen LogP contribution in [-0.4, -0.2) is 24.2 Å². The molecule has 0 aliphatic carbocycles. The molecule has 1 aromatic carbocycles. The first-order valence-electron chi connectivity index (χ1n) is 6.62. The maximum Gasteiger partial charge on any atom is 0.251 e. The van der Waals surface area contributed by atoms with Crippen LogP contribution in [-0.2, 0) is 0 Å². The number of rotatable bonds is 7. The average Bonchev–Trinajstić information content (AvgIpc) is 2.36. The lowest BCUT2D eigenvalue weighted by molar-refractivity contribution is 0.0952. The largest absolute Gasteiger partial charge is 0.396 e. The highest BCUT2D eigenvalue weighted by Gasteiger charge is 2.08. The second-order valence-corrected chi connectivity index (χ2v) is 4.64. The lowest BCUT2D eigenvalue weighted by atomic mass is 10.0. The summed E-state index contributed by atoms with van der Waals surface area (Å²) in [5, 5.41) is 11.6. The molecule has 0 fully saturated rings. The highest BCUT2D eigenvalue weighted by atomic mass is 16.2. The maximum absolute atomic E-state index is 12.0. The van der Waals surface area contributed by atoms with Crippen LogP contribution >= 0.6 is 0 Å². The van der Waals surface area contributed by atoms with Crippen molar-refractivity contribution in [3.8, 4) is 0 Å². The fraction of sp³-hybridized carbons (Fsp3) is 0.533. The molecule has 3 nitrogen and oxygen atoms in total. The van der Waals surface area contributed by atoms with Crippen LogP contribution in [0.3, 0.4) is 0 Å². The molecule has 0 aliphatic rings. The van der Waals surface area contributed by atoms with Crippen LogP contribution in [0, 0.1) is 13.8 Å². The van der Waals surface area contributed by atoms with Gasteiger partial charge in [-0.25, -0.2) is 0 Å². The summed E-state index contributed by atoms with van der Waals surface area (Å²) in [4.78, 5) is 12.0. The van der Waals surface area contributed by atoms with Crippen molar-refractivity contribution in [2.75, 3.05) is 13.2 Å². The van der Waals surface area contributed by atoms with Gasteiger partial charge in [-0.05, 0) is 43.9 Å². The first-order chi connectivity index (χ1) is 8.66. The smallest absolute Gasteiger partial charge is 0.251 e. The zero-order valence-electron chi connectivity index (χ0n) is 11.3. The average molecular weight is 249 g/mol. The Balaban J connectivity index is 2.35. The Morgan fingerprint density at radius 1 is 1.17 bits per heavy atom. The Morgan fingerprint density at radius 2 is 1.89 bits per heavy atom. The molecule has 2 N–H and O–H groups in total. The fourth-order valence-corrected chi connectivity index (χ4v) is 1.88. The highest BCUT2D eigenvalue weighted by molar-refractivity contribution is 5.95. The van der Waals surface area contributed by atoms with E-state index in [1.165, 1.54) is 0 Å². The molecule has 0 saturated heterocycles. The number of nitrogens with one attached hydrogen (secondary N) is 1. The van der Waals surface area contributed by atoms with Crippen molar-refractivity contribution < 1.29 is 9.90 Å². The van der Waals surface area contributed by atoms with Crippen molar-refractivity contribution in [2.24, 2.45) is 0 Å². The van der Waals surface area contributed by atoms with Gasteiger partial charge in [0.1, 0.15) is 0 Å². The van der Waals surface area contributed by atoms with Gasteiger partial charge < -0.3 is 10.4 Å². The molecule has 0 spiro atoms. The number of unbranched alkanes of at least 4 members (excludes halogenated alkanes) is 3. The van der Waals surface area contributed by atoms with Crippen molar-refractivity contribution in [1.82, 2.24) is 5.32 Å². The summed E-state index contributed by atoms with van der Waals surface area (Å²) in [7, 11) is 0. The van der Waals surface area contributed by atoms with Gasteiger partial charge in [-0.2, -0.15) is 0 Å². The summed E-state index contributed by atoms with van der Waals surface area (Å²) in [6, 6.07) is 5.79. The number of aryl methyl sites for hydroxylation is 1. The predicted octanol–water partition coefficient (Wildman–Crippen LogP) is 2.59. The minimum absolute atomic E-state index is 0.0124. The van der Waals surface area contributed by atoms with Crippen LogP contribution in [0.4, 0.5) is 0 Å². The number of carbonyl (C=O) groups excluding carboxylic acids is 1. The monoisotopic (exact) mass is 249 g/mol. The molecule has 18 heavy (non-hydrogen) atoms. The summed E-state index contributed by atoms with van der Waals surface area (Å²) in [6.45, 7) is 4.96. The topological polar surface area (TPSA) is 49.3 Å². The Kier molecular flexibility index (Phi) is 6.44. The standard InChI is InChI=1S/C15H23NO2/c1-12-8-7-9-14(13(12)2)15(18)16-10-5-3-4-6-11-17/h7-9,17H,3-6,10-11H2,1-2H3,(H,16,18). The molecular formula is C15H23NO2. The summed E-state index contributed by atoms with van der Waals surface area (Å²) in [6.07, 6.45) is 3.89. The minimum Gasteiger partial charge on any atom is -0.396 e. The van der Waals surface area contributed by atoms with Crippen LogP contribution in [0.2, 0.25) is 0 Å². The number of aliphatic hydroxyl groups excluding tert-OH is 1. The lowest BCUT2D eigenvalue weighted by Gasteiger charge is -2.09. The van der Waals surface area contributed by atoms with Gasteiger partial charge in [-0.15, -0.1) is 0 Å². The van der Waals surface area contributed by atoms with E-state index in [1.807, 2.05) is 32.0 Å². The van der Waals surface area contributed by atoms with Crippen LogP contribution < -0.4 is 5.32 Å². The lowest BCUT2D eigenvalue weighted by Crippen LogP contribution is -2.25. The molecule has 0 unspecified atom stereocenters. The van der Waals surface area contributed by atoms with Crippen molar-refractivity contribution in [3.05, 3.63) is 34.9 Å². The number of amides is 1. The van der Waals surface area contributed by atoms with E-state index in [1.54, 1.807) is 0 Å². The third kappa shape index (κ3) is 4.49. The van der Waals surface area contributed by atoms with Gasteiger partial charge in [0, 0.05) is 18.7 Å². The molecule has 3 heteroatoms. The number of benzene rings is 1. The first kappa shape index (κ1) is 14.7. The molecule has 0 radical (unpaired) electrons. The van der Waals surface area contributed by atoms with Crippen molar-refractivity contribution in [3.63, 3.8) is 0 Å². The molecule has 0 bridgehead atoms. The first-order valence-corrected chi connectivity index (χ1v) is 6.62. The highest BCUT2D eigenvalue weighted by Crippen LogP contribution is 2.12. The zero-order valence-corrected chi connectivity index (χ0v) is 11.3. The van der Waals surface area contributed by atoms with E-state index in [4.69, 9.17) is 5.11 Å². The van der Waals surface area contributed by atoms with Gasteiger partial charge in [-0.1, -0.05) is 25.0 Å². The second-order valence-electron chi connectivity index (χ2n) is 4.64. The molecule has 0 aromatic heterocycles. The van der Waals surface area contributed by atoms with Crippen molar-refractivity contribution >= 4 is 5.91 Å². The Hall–Kier alpha value is -1.35. The van der Waals surface area contributed by atoms with Crippen LogP contribution in [0.15, 0.2) is 18.2 Å². The van der Waals surface area contributed by atoms with Crippen LogP contribution in [0.25, 0.3) is 0 Å². The normalized spacial score (nSPS) is 10.4. The number of aliphatic hydroxyl groups is 1. The maximum atomic E-state index is 12.0. The molecule has 100 valence electrons. The van der Waals surface area contributed by atoms with E-state index in [2.05, 4.69) is 5.32 Å². The molecule has 0 saturated carbocycles. The number of hydrogen-bond donors (Lipinski definition) is 2. The van der Waals surface area contributed by atoms with Gasteiger partial charge in [0.05, 0.1) is 0 Å². The van der Waals surface area contributed by atoms with Crippen molar-refractivity contribution in [1.29, 1.82) is 0 Å². The minimum atomic E-state index is 0.0124. The van der Waals surface area contributed by atoms with Gasteiger partial charge in [-0.3, -0.25) is 4.79 Å². The van der Waals surface area contributed by atoms with E-state index >= 15 is 0 Å². The fourth-order valence-electron chi connectivity index (χ4n) is 1.88. The molecule has 1 amide bonds. The van der Waals surface area contributed by atoms with Crippen LogP contribution in [0.5, 0.6) is 0 Å². The Labute approximate surface area is 109 Å². The number of hydrogen-bond acceptors (Lipinski definition) is 2. The van der Waals surface area contributed by atoms with Crippen LogP contribution in [0.1, 0.15) is 47.2 Å². The van der Waals surface area contributed by atoms with E-state index in [0.717, 1.165) is 42.4 Å². The van der Waals surface area contributed by atoms with Gasteiger partial charge >= 0.3 is 0 Å². The SMILES string of the molecule is Cc1cccc(C(=O)NCCCCCCO)c1C. The predicted molar refractivity (Wildman–Crippen MR) is 73.8 cm³/mol. The molecule has 0 aliphatic heterocycles. The second kappa shape index (κ2) is 7.88. The summed E-state index contributed by atoms with van der Waals surface area (Å²) >= 11 is 0. The third-order valence-corrected chi connectivity index (χ3v) is 3.22. The third-order valence-electron chi connectivity index (χ3n) is 3.22. The molecule has 0 atom stereocenters. The van der Waals surface area contributed by atoms with Gasteiger partial charge in [0.25, 0.3) is 5.91 Å². The summed E-state index contributed by atoms with van der Waals surface area (Å²) in [5.74, 6) is 0.0124. The Bertz CT molecular complexity index is 388. The van der Waals surface area contributed by atoms with Crippen molar-refractivity contribution in [2.45, 2.75) is 39.5 Å². The van der Waals surface area contributed by atoms with Gasteiger partial charge in [0.2, 0.25) is 0 Å². The van der Waals surface area contributed by atoms with Gasteiger partial charge in [0.15, 0.2) is 0 Å². The Morgan fingerprint density at radius 3 is 2.61 bits per heavy atom. The van der Waals surface area contributed by atoms with E-state index in [9.17, 15) is 4.79 Å². The summed E-state index contributed by atoms with van der Waals surface area (Å²) < 4.78 is 0.